The Morgan fingerprint density at radius 1 is 1.21 bits per heavy atom. The van der Waals surface area contributed by atoms with Crippen molar-refractivity contribution in [3.05, 3.63) is 57.8 Å². The Labute approximate surface area is 147 Å². The number of ether oxygens (including phenoxy) is 3. The molecule has 1 aliphatic rings. The van der Waals surface area contributed by atoms with Crippen LogP contribution in [0.25, 0.3) is 6.08 Å². The Hall–Kier alpha value is -2.60. The summed E-state index contributed by atoms with van der Waals surface area (Å²) < 4.78 is 16.8. The van der Waals surface area contributed by atoms with Gasteiger partial charge in [0.2, 0.25) is 5.78 Å². The van der Waals surface area contributed by atoms with Crippen molar-refractivity contribution < 1.29 is 23.8 Å². The van der Waals surface area contributed by atoms with Gasteiger partial charge in [-0.1, -0.05) is 15.9 Å². The maximum Gasteiger partial charge on any atom is 0.308 e. The van der Waals surface area contributed by atoms with Crippen LogP contribution in [0.3, 0.4) is 0 Å². The number of Topliss-reactive ketones (excluding diaryl/α,β-unsaturated/α-hetero) is 1. The number of esters is 1. The van der Waals surface area contributed by atoms with Crippen LogP contribution in [0.2, 0.25) is 0 Å². The molecular formula is C18H13BrO5. The lowest BCUT2D eigenvalue weighted by atomic mass is 10.1. The highest BCUT2D eigenvalue weighted by Gasteiger charge is 2.28. The smallest absolute Gasteiger partial charge is 0.308 e. The molecule has 0 radical (unpaired) electrons. The van der Waals surface area contributed by atoms with Crippen molar-refractivity contribution in [1.82, 2.24) is 0 Å². The molecule has 0 fully saturated rings. The molecule has 0 atom stereocenters. The number of methoxy groups -OCH3 is 1. The number of ketones is 1. The molecule has 1 aliphatic heterocycles. The first-order valence-corrected chi connectivity index (χ1v) is 7.87. The van der Waals surface area contributed by atoms with Crippen LogP contribution >= 0.6 is 15.9 Å². The summed E-state index contributed by atoms with van der Waals surface area (Å²) in [5, 5.41) is 0. The minimum absolute atomic E-state index is 0.182. The van der Waals surface area contributed by atoms with Gasteiger partial charge in [0.05, 0.1) is 12.7 Å². The summed E-state index contributed by atoms with van der Waals surface area (Å²) >= 11 is 3.39. The van der Waals surface area contributed by atoms with E-state index < -0.39 is 5.97 Å². The molecule has 0 saturated carbocycles. The van der Waals surface area contributed by atoms with E-state index in [9.17, 15) is 9.59 Å². The molecule has 2 aromatic rings. The van der Waals surface area contributed by atoms with Crippen LogP contribution in [0.1, 0.15) is 22.8 Å². The third-order valence-electron chi connectivity index (χ3n) is 3.38. The Morgan fingerprint density at radius 2 is 2.00 bits per heavy atom. The summed E-state index contributed by atoms with van der Waals surface area (Å²) in [5.74, 6) is 0.824. The zero-order valence-corrected chi connectivity index (χ0v) is 14.5. The average Bonchev–Trinajstić information content (AvgIpc) is 2.83. The first kappa shape index (κ1) is 16.3. The number of halogens is 1. The molecule has 0 amide bonds. The van der Waals surface area contributed by atoms with E-state index in [-0.39, 0.29) is 11.5 Å². The van der Waals surface area contributed by atoms with Gasteiger partial charge in [-0.15, -0.1) is 0 Å². The number of hydrogen-bond donors (Lipinski definition) is 0. The molecule has 0 bridgehead atoms. The van der Waals surface area contributed by atoms with E-state index in [4.69, 9.17) is 14.2 Å². The number of carbonyl (C=O) groups excluding carboxylic acids is 2. The SMILES string of the molecule is COc1ccc(Br)cc1/C=C1/Oc2cc(OC(C)=O)ccc2C1=O. The van der Waals surface area contributed by atoms with Crippen LogP contribution in [0, 0.1) is 0 Å². The quantitative estimate of drug-likeness (QED) is 0.451. The molecule has 0 N–H and O–H groups in total. The van der Waals surface area contributed by atoms with Crippen LogP contribution in [0.5, 0.6) is 17.2 Å². The van der Waals surface area contributed by atoms with E-state index in [0.29, 0.717) is 28.4 Å². The number of carbonyl (C=O) groups is 2. The van der Waals surface area contributed by atoms with Crippen LogP contribution in [-0.2, 0) is 4.79 Å². The fraction of sp³-hybridized carbons (Fsp3) is 0.111. The summed E-state index contributed by atoms with van der Waals surface area (Å²) in [6, 6.07) is 10.1. The Morgan fingerprint density at radius 3 is 2.71 bits per heavy atom. The van der Waals surface area contributed by atoms with Gasteiger partial charge in [0.15, 0.2) is 5.76 Å². The second-order valence-electron chi connectivity index (χ2n) is 5.08. The first-order chi connectivity index (χ1) is 11.5. The number of hydrogen-bond acceptors (Lipinski definition) is 5. The zero-order valence-electron chi connectivity index (χ0n) is 13.0. The molecule has 122 valence electrons. The van der Waals surface area contributed by atoms with E-state index in [1.54, 1.807) is 31.4 Å². The van der Waals surface area contributed by atoms with Crippen molar-refractivity contribution in [3.63, 3.8) is 0 Å². The van der Waals surface area contributed by atoms with Gasteiger partial charge in [0.1, 0.15) is 17.2 Å². The minimum atomic E-state index is -0.436. The van der Waals surface area contributed by atoms with E-state index in [2.05, 4.69) is 15.9 Å². The summed E-state index contributed by atoms with van der Waals surface area (Å²) in [6.45, 7) is 1.31. The van der Waals surface area contributed by atoms with Crippen LogP contribution in [0.15, 0.2) is 46.6 Å². The van der Waals surface area contributed by atoms with E-state index >= 15 is 0 Å². The predicted octanol–water partition coefficient (Wildman–Crippen LogP) is 4.00. The van der Waals surface area contributed by atoms with Crippen molar-refractivity contribution in [1.29, 1.82) is 0 Å². The maximum absolute atomic E-state index is 12.5. The molecular weight excluding hydrogens is 376 g/mol. The van der Waals surface area contributed by atoms with Gasteiger partial charge in [0, 0.05) is 23.0 Å². The molecule has 0 aromatic heterocycles. The topological polar surface area (TPSA) is 61.8 Å². The first-order valence-electron chi connectivity index (χ1n) is 7.08. The van der Waals surface area contributed by atoms with Crippen molar-refractivity contribution in [2.45, 2.75) is 6.92 Å². The van der Waals surface area contributed by atoms with Gasteiger partial charge in [-0.05, 0) is 36.4 Å². The molecule has 0 aliphatic carbocycles. The fourth-order valence-electron chi connectivity index (χ4n) is 2.36. The molecule has 3 rings (SSSR count). The van der Waals surface area contributed by atoms with Crippen LogP contribution in [0.4, 0.5) is 0 Å². The lowest BCUT2D eigenvalue weighted by Gasteiger charge is -2.06. The molecule has 1 heterocycles. The molecule has 5 nitrogen and oxygen atoms in total. The monoisotopic (exact) mass is 388 g/mol. The number of allylic oxidation sites excluding steroid dienone is 1. The van der Waals surface area contributed by atoms with Crippen LogP contribution < -0.4 is 14.2 Å². The molecule has 0 saturated heterocycles. The highest BCUT2D eigenvalue weighted by atomic mass is 79.9. The Balaban J connectivity index is 1.96. The second kappa shape index (κ2) is 6.49. The highest BCUT2D eigenvalue weighted by molar-refractivity contribution is 9.10. The third-order valence-corrected chi connectivity index (χ3v) is 3.87. The van der Waals surface area contributed by atoms with E-state index in [1.165, 1.54) is 13.0 Å². The van der Waals surface area contributed by atoms with Gasteiger partial charge in [-0.3, -0.25) is 9.59 Å². The van der Waals surface area contributed by atoms with Gasteiger partial charge in [-0.25, -0.2) is 0 Å². The summed E-state index contributed by atoms with van der Waals surface area (Å²) in [5.41, 5.74) is 1.13. The average molecular weight is 389 g/mol. The zero-order chi connectivity index (χ0) is 17.3. The maximum atomic E-state index is 12.5. The van der Waals surface area contributed by atoms with Crippen LogP contribution in [-0.4, -0.2) is 18.9 Å². The number of rotatable bonds is 3. The Kier molecular flexibility index (Phi) is 4.40. The largest absolute Gasteiger partial charge is 0.496 e. The number of benzene rings is 2. The standard InChI is InChI=1S/C18H13BrO5/c1-10(20)23-13-4-5-14-16(9-13)24-17(18(14)21)8-11-7-12(19)3-6-15(11)22-2/h3-9H,1-2H3/b17-8+. The number of fused-ring (bicyclic) bond motifs is 1. The minimum Gasteiger partial charge on any atom is -0.496 e. The summed E-state index contributed by atoms with van der Waals surface area (Å²) in [4.78, 5) is 23.5. The third kappa shape index (κ3) is 3.19. The van der Waals surface area contributed by atoms with Crippen molar-refractivity contribution in [2.75, 3.05) is 7.11 Å². The Bertz CT molecular complexity index is 870. The molecule has 24 heavy (non-hydrogen) atoms. The van der Waals surface area contributed by atoms with Gasteiger partial charge < -0.3 is 14.2 Å². The van der Waals surface area contributed by atoms with Crippen molar-refractivity contribution >= 4 is 33.8 Å². The summed E-state index contributed by atoms with van der Waals surface area (Å²) in [7, 11) is 1.56. The second-order valence-corrected chi connectivity index (χ2v) is 5.99. The lowest BCUT2D eigenvalue weighted by Crippen LogP contribution is -2.01. The highest BCUT2D eigenvalue weighted by Crippen LogP contribution is 2.36. The lowest BCUT2D eigenvalue weighted by molar-refractivity contribution is -0.131. The van der Waals surface area contributed by atoms with Crippen molar-refractivity contribution in [3.8, 4) is 17.2 Å². The molecule has 6 heteroatoms. The molecule has 0 unspecified atom stereocenters. The van der Waals surface area contributed by atoms with E-state index in [0.717, 1.165) is 4.47 Å². The molecule has 0 spiro atoms. The normalized spacial score (nSPS) is 14.3. The van der Waals surface area contributed by atoms with E-state index in [1.807, 2.05) is 12.1 Å². The van der Waals surface area contributed by atoms with Gasteiger partial charge in [-0.2, -0.15) is 0 Å². The van der Waals surface area contributed by atoms with Gasteiger partial charge in [0.25, 0.3) is 0 Å². The predicted molar refractivity (Wildman–Crippen MR) is 91.4 cm³/mol. The van der Waals surface area contributed by atoms with Crippen molar-refractivity contribution in [2.24, 2.45) is 0 Å². The fourth-order valence-corrected chi connectivity index (χ4v) is 2.73. The molecule has 2 aromatic carbocycles. The van der Waals surface area contributed by atoms with Gasteiger partial charge >= 0.3 is 5.97 Å². The summed E-state index contributed by atoms with van der Waals surface area (Å²) in [6.07, 6.45) is 1.62.